The van der Waals surface area contributed by atoms with Crippen LogP contribution < -0.4 is 10.6 Å². The van der Waals surface area contributed by atoms with Gasteiger partial charge in [-0.25, -0.2) is 0 Å². The van der Waals surface area contributed by atoms with Crippen molar-refractivity contribution in [1.82, 2.24) is 20.4 Å². The van der Waals surface area contributed by atoms with E-state index in [0.29, 0.717) is 11.9 Å². The van der Waals surface area contributed by atoms with Crippen LogP contribution in [0, 0.1) is 0 Å². The fourth-order valence-electron chi connectivity index (χ4n) is 3.64. The Morgan fingerprint density at radius 2 is 2.04 bits per heavy atom. The number of carbonyl (C=O) groups is 1. The molecule has 2 heterocycles. The minimum atomic E-state index is 0.320. The molecule has 26 heavy (non-hydrogen) atoms. The fraction of sp³-hybridized carbons (Fsp3) is 0.895. The topological polar surface area (TPSA) is 69.2 Å². The molecule has 0 saturated carbocycles. The van der Waals surface area contributed by atoms with Crippen molar-refractivity contribution in [2.45, 2.75) is 52.0 Å². The monoisotopic (exact) mass is 367 g/mol. The molecule has 7 heteroatoms. The van der Waals surface area contributed by atoms with Crippen molar-refractivity contribution < 1.29 is 9.53 Å². The Morgan fingerprint density at radius 1 is 1.23 bits per heavy atom. The molecule has 0 spiro atoms. The van der Waals surface area contributed by atoms with Crippen LogP contribution in [0.25, 0.3) is 0 Å². The molecule has 1 amide bonds. The van der Waals surface area contributed by atoms with E-state index in [-0.39, 0.29) is 0 Å². The third-order valence-electron chi connectivity index (χ3n) is 5.14. The van der Waals surface area contributed by atoms with E-state index in [1.54, 1.807) is 0 Å². The number of hydrogen-bond acceptors (Lipinski definition) is 4. The predicted molar refractivity (Wildman–Crippen MR) is 106 cm³/mol. The maximum Gasteiger partial charge on any atom is 0.222 e. The third-order valence-corrected chi connectivity index (χ3v) is 5.14. The standard InChI is InChI=1S/C19H37N5O2/c1-3-17(24-12-5-7-18(24)25)8-10-22-19(20-4-2)21-9-6-11-23-13-15-26-16-14-23/h17H,3-16H2,1-2H3,(H2,20,21,22). The van der Waals surface area contributed by atoms with Crippen LogP contribution in [-0.4, -0.2) is 86.7 Å². The van der Waals surface area contributed by atoms with Crippen LogP contribution in [-0.2, 0) is 9.53 Å². The summed E-state index contributed by atoms with van der Waals surface area (Å²) in [7, 11) is 0. The summed E-state index contributed by atoms with van der Waals surface area (Å²) in [5.74, 6) is 1.21. The number of nitrogens with one attached hydrogen (secondary N) is 2. The maximum absolute atomic E-state index is 11.9. The lowest BCUT2D eigenvalue weighted by Gasteiger charge is -2.27. The zero-order valence-corrected chi connectivity index (χ0v) is 16.6. The van der Waals surface area contributed by atoms with Crippen LogP contribution in [0.4, 0.5) is 0 Å². The Labute approximate surface area is 158 Å². The zero-order chi connectivity index (χ0) is 18.6. The van der Waals surface area contributed by atoms with E-state index >= 15 is 0 Å². The van der Waals surface area contributed by atoms with Crippen LogP contribution in [0.3, 0.4) is 0 Å². The van der Waals surface area contributed by atoms with Gasteiger partial charge in [0.25, 0.3) is 0 Å². The number of nitrogens with zero attached hydrogens (tertiary/aromatic N) is 3. The van der Waals surface area contributed by atoms with Crippen LogP contribution in [0.5, 0.6) is 0 Å². The number of amides is 1. The second-order valence-corrected chi connectivity index (χ2v) is 7.04. The van der Waals surface area contributed by atoms with Crippen molar-refractivity contribution in [2.24, 2.45) is 4.99 Å². The van der Waals surface area contributed by atoms with Crippen molar-refractivity contribution in [3.05, 3.63) is 0 Å². The number of ether oxygens (including phenoxy) is 1. The molecule has 2 aliphatic rings. The lowest BCUT2D eigenvalue weighted by molar-refractivity contribution is -0.129. The molecule has 150 valence electrons. The molecule has 0 bridgehead atoms. The Kier molecular flexibility index (Phi) is 9.77. The molecule has 1 unspecified atom stereocenters. The lowest BCUT2D eigenvalue weighted by Crippen LogP contribution is -2.42. The molecule has 0 aromatic rings. The summed E-state index contributed by atoms with van der Waals surface area (Å²) in [6.07, 6.45) is 4.78. The minimum absolute atomic E-state index is 0.320. The van der Waals surface area contributed by atoms with Crippen LogP contribution in [0.1, 0.15) is 46.0 Å². The van der Waals surface area contributed by atoms with Gasteiger partial charge in [-0.05, 0) is 32.6 Å². The van der Waals surface area contributed by atoms with Gasteiger partial charge in [0, 0.05) is 58.3 Å². The molecule has 2 fully saturated rings. The molecule has 2 aliphatic heterocycles. The summed E-state index contributed by atoms with van der Waals surface area (Å²) < 4.78 is 5.38. The van der Waals surface area contributed by atoms with Gasteiger partial charge in [-0.3, -0.25) is 14.7 Å². The molecule has 2 rings (SSSR count). The van der Waals surface area contributed by atoms with Crippen LogP contribution in [0.2, 0.25) is 0 Å². The smallest absolute Gasteiger partial charge is 0.222 e. The number of rotatable bonds is 10. The van der Waals surface area contributed by atoms with Crippen LogP contribution in [0.15, 0.2) is 4.99 Å². The molecule has 1 atom stereocenters. The van der Waals surface area contributed by atoms with E-state index in [9.17, 15) is 4.79 Å². The maximum atomic E-state index is 11.9. The summed E-state index contributed by atoms with van der Waals surface area (Å²) in [5.41, 5.74) is 0. The zero-order valence-electron chi connectivity index (χ0n) is 16.6. The highest BCUT2D eigenvalue weighted by atomic mass is 16.5. The summed E-state index contributed by atoms with van der Waals surface area (Å²) in [4.78, 5) is 21.1. The largest absolute Gasteiger partial charge is 0.379 e. The van der Waals surface area contributed by atoms with E-state index < -0.39 is 0 Å². The quantitative estimate of drug-likeness (QED) is 0.343. The van der Waals surface area contributed by atoms with Crippen molar-refractivity contribution >= 4 is 11.9 Å². The summed E-state index contributed by atoms with van der Waals surface area (Å²) in [5, 5.41) is 6.75. The number of aliphatic imine (C=N–C) groups is 1. The first-order valence-corrected chi connectivity index (χ1v) is 10.4. The Hall–Kier alpha value is -1.34. The lowest BCUT2D eigenvalue weighted by atomic mass is 10.1. The normalized spacial score (nSPS) is 20.5. The average Bonchev–Trinajstić information content (AvgIpc) is 3.09. The van der Waals surface area contributed by atoms with Gasteiger partial charge in [0.2, 0.25) is 5.91 Å². The number of hydrogen-bond donors (Lipinski definition) is 2. The van der Waals surface area contributed by atoms with E-state index in [2.05, 4.69) is 39.3 Å². The number of likely N-dealkylation sites (tertiary alicyclic amines) is 1. The minimum Gasteiger partial charge on any atom is -0.379 e. The predicted octanol–water partition coefficient (Wildman–Crippen LogP) is 1.05. The third kappa shape index (κ3) is 7.11. The molecule has 0 aromatic carbocycles. The van der Waals surface area contributed by atoms with Crippen molar-refractivity contribution in [3.8, 4) is 0 Å². The number of morpholine rings is 1. The van der Waals surface area contributed by atoms with Gasteiger partial charge in [0.1, 0.15) is 0 Å². The van der Waals surface area contributed by atoms with E-state index in [1.807, 2.05) is 0 Å². The molecule has 0 radical (unpaired) electrons. The van der Waals surface area contributed by atoms with Gasteiger partial charge in [-0.15, -0.1) is 0 Å². The second-order valence-electron chi connectivity index (χ2n) is 7.04. The van der Waals surface area contributed by atoms with Gasteiger partial charge in [-0.1, -0.05) is 6.92 Å². The van der Waals surface area contributed by atoms with E-state index in [4.69, 9.17) is 4.74 Å². The van der Waals surface area contributed by atoms with Crippen molar-refractivity contribution in [3.63, 3.8) is 0 Å². The number of guanidine groups is 1. The first-order valence-electron chi connectivity index (χ1n) is 10.4. The second kappa shape index (κ2) is 12.1. The Balaban J connectivity index is 1.67. The van der Waals surface area contributed by atoms with E-state index in [0.717, 1.165) is 97.1 Å². The molecule has 2 N–H and O–H groups in total. The van der Waals surface area contributed by atoms with Gasteiger partial charge >= 0.3 is 0 Å². The van der Waals surface area contributed by atoms with Gasteiger partial charge in [-0.2, -0.15) is 0 Å². The highest BCUT2D eigenvalue weighted by Gasteiger charge is 2.26. The van der Waals surface area contributed by atoms with Crippen molar-refractivity contribution in [2.75, 3.05) is 59.0 Å². The van der Waals surface area contributed by atoms with Crippen LogP contribution >= 0.6 is 0 Å². The highest BCUT2D eigenvalue weighted by Crippen LogP contribution is 2.17. The van der Waals surface area contributed by atoms with Gasteiger partial charge in [0.05, 0.1) is 13.2 Å². The molecule has 0 aromatic heterocycles. The summed E-state index contributed by atoms with van der Waals surface area (Å²) in [6, 6.07) is 0.349. The first kappa shape index (κ1) is 21.0. The molecule has 7 nitrogen and oxygen atoms in total. The van der Waals surface area contributed by atoms with Crippen molar-refractivity contribution in [1.29, 1.82) is 0 Å². The highest BCUT2D eigenvalue weighted by molar-refractivity contribution is 5.80. The fourth-order valence-corrected chi connectivity index (χ4v) is 3.64. The Bertz CT molecular complexity index is 438. The summed E-state index contributed by atoms with van der Waals surface area (Å²) in [6.45, 7) is 12.6. The first-order chi connectivity index (χ1) is 12.7. The Morgan fingerprint density at radius 3 is 2.69 bits per heavy atom. The summed E-state index contributed by atoms with van der Waals surface area (Å²) >= 11 is 0. The molecular formula is C19H37N5O2. The number of carbonyl (C=O) groups excluding carboxylic acids is 1. The average molecular weight is 368 g/mol. The SMILES string of the molecule is CCNC(=NCCCN1CCOCC1)NCCC(CC)N1CCCC1=O. The van der Waals surface area contributed by atoms with E-state index in [1.165, 1.54) is 0 Å². The molecule has 0 aliphatic carbocycles. The van der Waals surface area contributed by atoms with Gasteiger partial charge in [0.15, 0.2) is 5.96 Å². The molecule has 2 saturated heterocycles. The van der Waals surface area contributed by atoms with Gasteiger partial charge < -0.3 is 20.3 Å². The molecular weight excluding hydrogens is 330 g/mol.